The average Bonchev–Trinajstić information content (AvgIpc) is 3.41. The summed E-state index contributed by atoms with van der Waals surface area (Å²) < 4.78 is 7.30. The third kappa shape index (κ3) is 3.50. The van der Waals surface area contributed by atoms with Crippen molar-refractivity contribution in [3.8, 4) is 0 Å². The number of carbonyl (C=O) groups excluding carboxylic acids is 1. The van der Waals surface area contributed by atoms with Crippen molar-refractivity contribution in [1.29, 1.82) is 0 Å². The molecular formula is C23H26N4O3. The Hall–Kier alpha value is -3.06. The van der Waals surface area contributed by atoms with Crippen molar-refractivity contribution in [2.75, 3.05) is 36.5 Å². The van der Waals surface area contributed by atoms with Gasteiger partial charge in [0.2, 0.25) is 0 Å². The number of morpholine rings is 1. The quantitative estimate of drug-likeness (QED) is 0.695. The van der Waals surface area contributed by atoms with Crippen molar-refractivity contribution in [3.63, 3.8) is 0 Å². The van der Waals surface area contributed by atoms with Crippen LogP contribution in [0.3, 0.4) is 0 Å². The zero-order valence-electron chi connectivity index (χ0n) is 16.9. The van der Waals surface area contributed by atoms with Gasteiger partial charge in [-0.05, 0) is 43.2 Å². The third-order valence-electron chi connectivity index (χ3n) is 6.17. The molecular weight excluding hydrogens is 380 g/mol. The lowest BCUT2D eigenvalue weighted by Gasteiger charge is -2.30. The molecule has 0 unspecified atom stereocenters. The Bertz CT molecular complexity index is 1120. The molecule has 2 N–H and O–H groups in total. The second-order valence-electron chi connectivity index (χ2n) is 8.04. The number of benzene rings is 2. The smallest absolute Gasteiger partial charge is 0.326 e. The van der Waals surface area contributed by atoms with Gasteiger partial charge in [0, 0.05) is 24.7 Å². The number of aromatic amines is 1. The third-order valence-corrected chi connectivity index (χ3v) is 6.17. The first kappa shape index (κ1) is 18.9. The molecule has 3 aromatic rings. The van der Waals surface area contributed by atoms with Crippen molar-refractivity contribution in [1.82, 2.24) is 9.55 Å². The summed E-state index contributed by atoms with van der Waals surface area (Å²) in [5.74, 6) is -0.188. The summed E-state index contributed by atoms with van der Waals surface area (Å²) >= 11 is 0. The largest absolute Gasteiger partial charge is 0.378 e. The SMILES string of the molecule is O=C(Nc1ccccc1N1CCOCC1)c1ccc2c(c1)[nH]c(=O)n2C1CCCC1. The maximum absolute atomic E-state index is 13.0. The van der Waals surface area contributed by atoms with Gasteiger partial charge in [-0.1, -0.05) is 25.0 Å². The van der Waals surface area contributed by atoms with Gasteiger partial charge in [-0.25, -0.2) is 4.79 Å². The Morgan fingerprint density at radius 3 is 2.63 bits per heavy atom. The fraction of sp³-hybridized carbons (Fsp3) is 0.391. The summed E-state index contributed by atoms with van der Waals surface area (Å²) in [5.41, 5.74) is 3.79. The Labute approximate surface area is 174 Å². The van der Waals surface area contributed by atoms with Crippen LogP contribution in [-0.2, 0) is 4.74 Å². The minimum Gasteiger partial charge on any atom is -0.378 e. The minimum absolute atomic E-state index is 0.0906. The Morgan fingerprint density at radius 2 is 1.83 bits per heavy atom. The molecule has 2 aliphatic rings. The van der Waals surface area contributed by atoms with E-state index >= 15 is 0 Å². The van der Waals surface area contributed by atoms with Crippen LogP contribution in [0.5, 0.6) is 0 Å². The molecule has 7 heteroatoms. The number of anilines is 2. The molecule has 30 heavy (non-hydrogen) atoms. The maximum Gasteiger partial charge on any atom is 0.326 e. The number of fused-ring (bicyclic) bond motifs is 1. The van der Waals surface area contributed by atoms with Gasteiger partial charge < -0.3 is 19.9 Å². The van der Waals surface area contributed by atoms with E-state index in [9.17, 15) is 9.59 Å². The van der Waals surface area contributed by atoms with Gasteiger partial charge >= 0.3 is 5.69 Å². The van der Waals surface area contributed by atoms with Gasteiger partial charge in [0.1, 0.15) is 0 Å². The summed E-state index contributed by atoms with van der Waals surface area (Å²) in [5, 5.41) is 3.05. The predicted molar refractivity (Wildman–Crippen MR) is 117 cm³/mol. The number of aromatic nitrogens is 2. The number of carbonyl (C=O) groups is 1. The number of para-hydroxylation sites is 2. The lowest BCUT2D eigenvalue weighted by atomic mass is 10.1. The first-order chi connectivity index (χ1) is 14.7. The molecule has 2 aromatic carbocycles. The maximum atomic E-state index is 13.0. The van der Waals surface area contributed by atoms with E-state index < -0.39 is 0 Å². The topological polar surface area (TPSA) is 79.4 Å². The van der Waals surface area contributed by atoms with Crippen LogP contribution in [0.2, 0.25) is 0 Å². The molecule has 1 amide bonds. The van der Waals surface area contributed by atoms with E-state index in [4.69, 9.17) is 4.74 Å². The molecule has 1 saturated carbocycles. The van der Waals surface area contributed by atoms with E-state index in [0.717, 1.165) is 55.7 Å². The Balaban J connectivity index is 1.41. The molecule has 156 valence electrons. The highest BCUT2D eigenvalue weighted by Gasteiger charge is 2.22. The van der Waals surface area contributed by atoms with Crippen LogP contribution >= 0.6 is 0 Å². The molecule has 1 saturated heterocycles. The molecule has 0 spiro atoms. The standard InChI is InChI=1S/C23H26N4O3/c28-22(24-18-7-3-4-8-20(18)26-11-13-30-14-12-26)16-9-10-21-19(15-16)25-23(29)27(21)17-5-1-2-6-17/h3-4,7-10,15,17H,1-2,5-6,11-14H2,(H,24,28)(H,25,29). The van der Waals surface area contributed by atoms with Gasteiger partial charge in [0.05, 0.1) is 35.6 Å². The number of rotatable bonds is 4. The van der Waals surface area contributed by atoms with Crippen molar-refractivity contribution >= 4 is 28.3 Å². The van der Waals surface area contributed by atoms with Gasteiger partial charge in [0.25, 0.3) is 5.91 Å². The number of nitrogens with zero attached hydrogens (tertiary/aromatic N) is 2. The zero-order chi connectivity index (χ0) is 20.5. The van der Waals surface area contributed by atoms with Gasteiger partial charge in [-0.15, -0.1) is 0 Å². The van der Waals surface area contributed by atoms with E-state index in [1.807, 2.05) is 34.9 Å². The predicted octanol–water partition coefficient (Wildman–Crippen LogP) is 3.53. The fourth-order valence-electron chi connectivity index (χ4n) is 4.65. The van der Waals surface area contributed by atoms with Crippen LogP contribution in [0.4, 0.5) is 11.4 Å². The van der Waals surface area contributed by atoms with Crippen LogP contribution in [-0.4, -0.2) is 41.8 Å². The molecule has 0 radical (unpaired) electrons. The number of H-pyrrole nitrogens is 1. The van der Waals surface area contributed by atoms with Crippen molar-refractivity contribution in [2.45, 2.75) is 31.7 Å². The van der Waals surface area contributed by atoms with Crippen LogP contribution in [0, 0.1) is 0 Å². The van der Waals surface area contributed by atoms with Gasteiger partial charge in [-0.3, -0.25) is 9.36 Å². The molecule has 5 rings (SSSR count). The van der Waals surface area contributed by atoms with E-state index in [2.05, 4.69) is 15.2 Å². The van der Waals surface area contributed by atoms with Crippen molar-refractivity contribution < 1.29 is 9.53 Å². The van der Waals surface area contributed by atoms with E-state index in [1.54, 1.807) is 12.1 Å². The van der Waals surface area contributed by atoms with Crippen LogP contribution in [0.15, 0.2) is 47.3 Å². The van der Waals surface area contributed by atoms with Crippen LogP contribution < -0.4 is 15.9 Å². The molecule has 7 nitrogen and oxygen atoms in total. The number of amides is 1. The first-order valence-corrected chi connectivity index (χ1v) is 10.7. The summed E-state index contributed by atoms with van der Waals surface area (Å²) in [6, 6.07) is 13.5. The van der Waals surface area contributed by atoms with E-state index in [0.29, 0.717) is 24.3 Å². The molecule has 1 aliphatic heterocycles. The molecule has 1 aromatic heterocycles. The summed E-state index contributed by atoms with van der Waals surface area (Å²) in [6.07, 6.45) is 4.39. The molecule has 1 aliphatic carbocycles. The summed E-state index contributed by atoms with van der Waals surface area (Å²) in [4.78, 5) is 30.7. The van der Waals surface area contributed by atoms with Crippen molar-refractivity contribution in [2.24, 2.45) is 0 Å². The zero-order valence-corrected chi connectivity index (χ0v) is 16.9. The number of nitrogens with one attached hydrogen (secondary N) is 2. The first-order valence-electron chi connectivity index (χ1n) is 10.7. The van der Waals surface area contributed by atoms with Crippen LogP contribution in [0.25, 0.3) is 11.0 Å². The molecule has 0 atom stereocenters. The number of ether oxygens (including phenoxy) is 1. The number of hydrogen-bond donors (Lipinski definition) is 2. The Kier molecular flexibility index (Phi) is 5.04. The highest BCUT2D eigenvalue weighted by molar-refractivity contribution is 6.07. The monoisotopic (exact) mass is 406 g/mol. The van der Waals surface area contributed by atoms with E-state index in [-0.39, 0.29) is 17.6 Å². The van der Waals surface area contributed by atoms with Crippen molar-refractivity contribution in [3.05, 3.63) is 58.5 Å². The fourth-order valence-corrected chi connectivity index (χ4v) is 4.65. The lowest BCUT2D eigenvalue weighted by molar-refractivity contribution is 0.102. The van der Waals surface area contributed by atoms with Gasteiger partial charge in [-0.2, -0.15) is 0 Å². The highest BCUT2D eigenvalue weighted by Crippen LogP contribution is 2.31. The molecule has 0 bridgehead atoms. The lowest BCUT2D eigenvalue weighted by Crippen LogP contribution is -2.36. The van der Waals surface area contributed by atoms with E-state index in [1.165, 1.54) is 0 Å². The van der Waals surface area contributed by atoms with Gasteiger partial charge in [0.15, 0.2) is 0 Å². The summed E-state index contributed by atoms with van der Waals surface area (Å²) in [6.45, 7) is 2.97. The second-order valence-corrected chi connectivity index (χ2v) is 8.04. The average molecular weight is 406 g/mol. The molecule has 2 fully saturated rings. The highest BCUT2D eigenvalue weighted by atomic mass is 16.5. The minimum atomic E-state index is -0.188. The second kappa shape index (κ2) is 7.99. The number of imidazole rings is 1. The normalized spacial score (nSPS) is 17.5. The van der Waals surface area contributed by atoms with Crippen LogP contribution in [0.1, 0.15) is 42.1 Å². The Morgan fingerprint density at radius 1 is 1.07 bits per heavy atom. The summed E-state index contributed by atoms with van der Waals surface area (Å²) in [7, 11) is 0. The molecule has 2 heterocycles. The number of hydrogen-bond acceptors (Lipinski definition) is 4.